The van der Waals surface area contributed by atoms with Crippen LogP contribution in [0.15, 0.2) is 42.7 Å². The largest absolute Gasteiger partial charge is 0.379 e. The summed E-state index contributed by atoms with van der Waals surface area (Å²) in [5, 5.41) is 4.09. The Bertz CT molecular complexity index is 779. The molecule has 1 aromatic heterocycles. The van der Waals surface area contributed by atoms with E-state index in [0.29, 0.717) is 18.7 Å². The molecule has 1 saturated heterocycles. The van der Waals surface area contributed by atoms with Gasteiger partial charge in [-0.3, -0.25) is 9.78 Å². The molecule has 0 unspecified atom stereocenters. The van der Waals surface area contributed by atoms with Crippen LogP contribution in [0.2, 0.25) is 5.02 Å². The number of benzene rings is 1. The number of piperazine rings is 1. The second-order valence-electron chi connectivity index (χ2n) is 7.60. The molecule has 3 rings (SSSR count). The normalized spacial score (nSPS) is 15.1. The molecule has 26 heavy (non-hydrogen) atoms. The van der Waals surface area contributed by atoms with Crippen LogP contribution >= 0.6 is 11.6 Å². The maximum absolute atomic E-state index is 12.8. The van der Waals surface area contributed by atoms with Crippen molar-refractivity contribution in [2.24, 2.45) is 0 Å². The Kier molecular flexibility index (Phi) is 5.37. The van der Waals surface area contributed by atoms with E-state index in [-0.39, 0.29) is 11.4 Å². The lowest BCUT2D eigenvalue weighted by atomic mass is 10.1. The van der Waals surface area contributed by atoms with Crippen molar-refractivity contribution in [1.29, 1.82) is 0 Å². The topological polar surface area (TPSA) is 48.5 Å². The molecule has 1 amide bonds. The summed E-state index contributed by atoms with van der Waals surface area (Å²) in [6, 6.07) is 9.72. The number of amides is 1. The molecule has 0 bridgehead atoms. The summed E-state index contributed by atoms with van der Waals surface area (Å²) in [5.74, 6) is 0.0285. The summed E-state index contributed by atoms with van der Waals surface area (Å²) in [5.41, 5.74) is 2.50. The molecule has 1 N–H and O–H groups in total. The number of aromatic nitrogens is 1. The standard InChI is InChI=1S/C20H25ClN4O/c1-20(2,3)23-17-11-15(13-22-14-17)19(26)25-9-7-24(8-10-25)18-6-4-5-16(21)12-18/h4-6,11-14,23H,7-10H2,1-3H3. The van der Waals surface area contributed by atoms with Crippen molar-refractivity contribution >= 4 is 28.9 Å². The summed E-state index contributed by atoms with van der Waals surface area (Å²) in [7, 11) is 0. The molecule has 1 aromatic carbocycles. The first-order valence-electron chi connectivity index (χ1n) is 8.85. The number of hydrogen-bond donors (Lipinski definition) is 1. The minimum atomic E-state index is -0.0774. The van der Waals surface area contributed by atoms with Gasteiger partial charge in [0.2, 0.25) is 0 Å². The number of carbonyl (C=O) groups is 1. The number of nitrogens with one attached hydrogen (secondary N) is 1. The molecule has 0 aliphatic carbocycles. The van der Waals surface area contributed by atoms with Crippen LogP contribution in [0.1, 0.15) is 31.1 Å². The highest BCUT2D eigenvalue weighted by atomic mass is 35.5. The number of halogens is 1. The van der Waals surface area contributed by atoms with E-state index in [1.54, 1.807) is 12.4 Å². The third-order valence-electron chi connectivity index (χ3n) is 4.24. The summed E-state index contributed by atoms with van der Waals surface area (Å²) in [6.07, 6.45) is 3.39. The van der Waals surface area contributed by atoms with Crippen LogP contribution in [0.5, 0.6) is 0 Å². The van der Waals surface area contributed by atoms with Gasteiger partial charge in [0.25, 0.3) is 5.91 Å². The van der Waals surface area contributed by atoms with Crippen LogP contribution in [-0.4, -0.2) is 47.5 Å². The fourth-order valence-corrected chi connectivity index (χ4v) is 3.27. The summed E-state index contributed by atoms with van der Waals surface area (Å²) < 4.78 is 0. The van der Waals surface area contributed by atoms with Crippen LogP contribution in [0.25, 0.3) is 0 Å². The van der Waals surface area contributed by atoms with Crippen LogP contribution in [0, 0.1) is 0 Å². The van der Waals surface area contributed by atoms with Gasteiger partial charge in [0.15, 0.2) is 0 Å². The lowest BCUT2D eigenvalue weighted by Gasteiger charge is -2.36. The van der Waals surface area contributed by atoms with Crippen molar-refractivity contribution in [2.45, 2.75) is 26.3 Å². The predicted octanol–water partition coefficient (Wildman–Crippen LogP) is 3.91. The number of hydrogen-bond acceptors (Lipinski definition) is 4. The molecule has 0 spiro atoms. The van der Waals surface area contributed by atoms with Gasteiger partial charge in [-0.25, -0.2) is 0 Å². The maximum atomic E-state index is 12.8. The smallest absolute Gasteiger partial charge is 0.255 e. The van der Waals surface area contributed by atoms with Crippen molar-refractivity contribution in [1.82, 2.24) is 9.88 Å². The van der Waals surface area contributed by atoms with Gasteiger partial charge >= 0.3 is 0 Å². The monoisotopic (exact) mass is 372 g/mol. The van der Waals surface area contributed by atoms with Gasteiger partial charge in [0.05, 0.1) is 11.3 Å². The van der Waals surface area contributed by atoms with Gasteiger partial charge in [-0.1, -0.05) is 17.7 Å². The molecular weight excluding hydrogens is 348 g/mol. The Morgan fingerprint density at radius 1 is 1.12 bits per heavy atom. The quantitative estimate of drug-likeness (QED) is 0.887. The van der Waals surface area contributed by atoms with Crippen LogP contribution in [0.3, 0.4) is 0 Å². The SMILES string of the molecule is CC(C)(C)Nc1cncc(C(=O)N2CCN(c3cccc(Cl)c3)CC2)c1. The third-order valence-corrected chi connectivity index (χ3v) is 4.48. The van der Waals surface area contributed by atoms with Gasteiger partial charge in [0, 0.05) is 54.8 Å². The number of carbonyl (C=O) groups excluding carboxylic acids is 1. The third kappa shape index (κ3) is 4.67. The molecule has 138 valence electrons. The Hall–Kier alpha value is -2.27. The molecule has 0 radical (unpaired) electrons. The molecule has 0 saturated carbocycles. The Morgan fingerprint density at radius 3 is 2.50 bits per heavy atom. The number of rotatable bonds is 3. The van der Waals surface area contributed by atoms with Crippen molar-refractivity contribution in [2.75, 3.05) is 36.4 Å². The Morgan fingerprint density at radius 2 is 1.85 bits per heavy atom. The van der Waals surface area contributed by atoms with Gasteiger partial charge in [-0.2, -0.15) is 0 Å². The lowest BCUT2D eigenvalue weighted by Crippen LogP contribution is -2.48. The van der Waals surface area contributed by atoms with Gasteiger partial charge < -0.3 is 15.1 Å². The van der Waals surface area contributed by atoms with Gasteiger partial charge in [-0.15, -0.1) is 0 Å². The fourth-order valence-electron chi connectivity index (χ4n) is 3.08. The second-order valence-corrected chi connectivity index (χ2v) is 8.03. The summed E-state index contributed by atoms with van der Waals surface area (Å²) in [4.78, 5) is 21.2. The molecule has 6 heteroatoms. The van der Waals surface area contributed by atoms with E-state index in [1.807, 2.05) is 29.2 Å². The van der Waals surface area contributed by atoms with E-state index in [4.69, 9.17) is 11.6 Å². The Balaban J connectivity index is 1.64. The second kappa shape index (κ2) is 7.54. The zero-order chi connectivity index (χ0) is 18.7. The average molecular weight is 373 g/mol. The molecule has 1 aliphatic heterocycles. The fraction of sp³-hybridized carbons (Fsp3) is 0.400. The highest BCUT2D eigenvalue weighted by Crippen LogP contribution is 2.22. The Labute approximate surface area is 160 Å². The van der Waals surface area contributed by atoms with E-state index in [9.17, 15) is 4.79 Å². The maximum Gasteiger partial charge on any atom is 0.255 e. The molecular formula is C20H25ClN4O. The first-order chi connectivity index (χ1) is 12.3. The van der Waals surface area contributed by atoms with Crippen LogP contribution < -0.4 is 10.2 Å². The predicted molar refractivity (Wildman–Crippen MR) is 107 cm³/mol. The van der Waals surface area contributed by atoms with E-state index in [0.717, 1.165) is 29.5 Å². The number of pyridine rings is 1. The van der Waals surface area contributed by atoms with Crippen molar-refractivity contribution in [3.63, 3.8) is 0 Å². The van der Waals surface area contributed by atoms with Crippen LogP contribution in [0.4, 0.5) is 11.4 Å². The van der Waals surface area contributed by atoms with Crippen molar-refractivity contribution < 1.29 is 4.79 Å². The molecule has 1 aliphatic rings. The highest BCUT2D eigenvalue weighted by Gasteiger charge is 2.23. The summed E-state index contributed by atoms with van der Waals surface area (Å²) >= 11 is 6.08. The van der Waals surface area contributed by atoms with E-state index < -0.39 is 0 Å². The van der Waals surface area contributed by atoms with E-state index in [2.05, 4.69) is 42.0 Å². The van der Waals surface area contributed by atoms with Crippen molar-refractivity contribution in [3.8, 4) is 0 Å². The zero-order valence-corrected chi connectivity index (χ0v) is 16.3. The summed E-state index contributed by atoms with van der Waals surface area (Å²) in [6.45, 7) is 9.19. The highest BCUT2D eigenvalue weighted by molar-refractivity contribution is 6.30. The van der Waals surface area contributed by atoms with Crippen molar-refractivity contribution in [3.05, 3.63) is 53.3 Å². The van der Waals surface area contributed by atoms with E-state index >= 15 is 0 Å². The zero-order valence-electron chi connectivity index (χ0n) is 15.5. The van der Waals surface area contributed by atoms with Crippen LogP contribution in [-0.2, 0) is 0 Å². The minimum Gasteiger partial charge on any atom is -0.379 e. The van der Waals surface area contributed by atoms with E-state index in [1.165, 1.54) is 0 Å². The first kappa shape index (κ1) is 18.5. The minimum absolute atomic E-state index is 0.0285. The van der Waals surface area contributed by atoms with Gasteiger partial charge in [-0.05, 0) is 45.0 Å². The average Bonchev–Trinajstić information content (AvgIpc) is 2.60. The molecule has 5 nitrogen and oxygen atoms in total. The van der Waals surface area contributed by atoms with Gasteiger partial charge in [0.1, 0.15) is 0 Å². The lowest BCUT2D eigenvalue weighted by molar-refractivity contribution is 0.0746. The number of anilines is 2. The number of nitrogens with zero attached hydrogens (tertiary/aromatic N) is 3. The molecule has 1 fully saturated rings. The molecule has 0 atom stereocenters. The first-order valence-corrected chi connectivity index (χ1v) is 9.23. The molecule has 2 heterocycles. The molecule has 2 aromatic rings.